The van der Waals surface area contributed by atoms with Gasteiger partial charge >= 0.3 is 0 Å². The summed E-state index contributed by atoms with van der Waals surface area (Å²) in [6.07, 6.45) is 1.80. The van der Waals surface area contributed by atoms with E-state index in [1.54, 1.807) is 6.20 Å². The summed E-state index contributed by atoms with van der Waals surface area (Å²) in [5.41, 5.74) is 0. The Morgan fingerprint density at radius 3 is 2.91 bits per heavy atom. The Balaban J connectivity index is 2.93. The van der Waals surface area contributed by atoms with Crippen LogP contribution in [0.4, 0.5) is 5.82 Å². The summed E-state index contributed by atoms with van der Waals surface area (Å²) in [5, 5.41) is 0. The molecule has 0 saturated carbocycles. The Kier molecular flexibility index (Phi) is 2.88. The Hall–Kier alpha value is -0.570. The maximum absolute atomic E-state index is 4.23. The fourth-order valence-electron chi connectivity index (χ4n) is 0.808. The number of rotatable bonds is 2. The first kappa shape index (κ1) is 8.53. The fraction of sp³-hybridized carbons (Fsp3) is 0.375. The van der Waals surface area contributed by atoms with E-state index in [1.807, 2.05) is 19.2 Å². The van der Waals surface area contributed by atoms with Crippen LogP contribution >= 0.6 is 15.9 Å². The molecule has 60 valence electrons. The van der Waals surface area contributed by atoms with E-state index >= 15 is 0 Å². The second-order valence-electron chi connectivity index (χ2n) is 2.32. The summed E-state index contributed by atoms with van der Waals surface area (Å²) in [6, 6.07) is 3.91. The first-order valence-corrected chi connectivity index (χ1v) is 4.36. The van der Waals surface area contributed by atoms with E-state index in [4.69, 9.17) is 0 Å². The van der Waals surface area contributed by atoms with Gasteiger partial charge in [0.15, 0.2) is 0 Å². The van der Waals surface area contributed by atoms with Crippen LogP contribution in [0.3, 0.4) is 0 Å². The van der Waals surface area contributed by atoms with E-state index in [0.29, 0.717) is 0 Å². The van der Waals surface area contributed by atoms with Gasteiger partial charge in [-0.1, -0.05) is 0 Å². The molecule has 0 saturated heterocycles. The van der Waals surface area contributed by atoms with Gasteiger partial charge in [-0.15, -0.1) is 0 Å². The second-order valence-corrected chi connectivity index (χ2v) is 3.18. The number of aromatic nitrogens is 1. The average molecular weight is 215 g/mol. The first-order valence-electron chi connectivity index (χ1n) is 3.57. The highest BCUT2D eigenvalue weighted by Gasteiger charge is 2.02. The molecular weight excluding hydrogens is 204 g/mol. The summed E-state index contributed by atoms with van der Waals surface area (Å²) < 4.78 is 1.05. The number of halogens is 1. The molecule has 11 heavy (non-hydrogen) atoms. The highest BCUT2D eigenvalue weighted by atomic mass is 79.9. The Morgan fingerprint density at radius 2 is 2.36 bits per heavy atom. The van der Waals surface area contributed by atoms with Crippen molar-refractivity contribution >= 4 is 21.7 Å². The first-order chi connectivity index (χ1) is 5.25. The molecule has 1 heterocycles. The molecular formula is C8H11BrN2. The summed E-state index contributed by atoms with van der Waals surface area (Å²) in [7, 11) is 2.02. The van der Waals surface area contributed by atoms with Gasteiger partial charge in [0.2, 0.25) is 0 Å². The Labute approximate surface area is 75.4 Å². The van der Waals surface area contributed by atoms with Crippen LogP contribution in [0.15, 0.2) is 22.8 Å². The molecule has 1 aromatic heterocycles. The summed E-state index contributed by atoms with van der Waals surface area (Å²) in [6.45, 7) is 3.07. The van der Waals surface area contributed by atoms with Gasteiger partial charge in [0.05, 0.1) is 4.47 Å². The summed E-state index contributed by atoms with van der Waals surface area (Å²) in [4.78, 5) is 6.32. The molecule has 0 unspecified atom stereocenters. The normalized spacial score (nSPS) is 9.73. The van der Waals surface area contributed by atoms with E-state index < -0.39 is 0 Å². The van der Waals surface area contributed by atoms with Gasteiger partial charge < -0.3 is 4.90 Å². The van der Waals surface area contributed by atoms with Crippen molar-refractivity contribution in [2.75, 3.05) is 18.5 Å². The van der Waals surface area contributed by atoms with E-state index in [1.165, 1.54) is 0 Å². The zero-order valence-electron chi connectivity index (χ0n) is 6.71. The Bertz CT molecular complexity index is 237. The molecule has 0 spiro atoms. The van der Waals surface area contributed by atoms with Crippen LogP contribution in [0.25, 0.3) is 0 Å². The molecule has 0 amide bonds. The molecule has 0 fully saturated rings. The van der Waals surface area contributed by atoms with Crippen molar-refractivity contribution < 1.29 is 0 Å². The van der Waals surface area contributed by atoms with Crippen molar-refractivity contribution in [3.8, 4) is 0 Å². The molecule has 0 atom stereocenters. The van der Waals surface area contributed by atoms with Gasteiger partial charge in [0.1, 0.15) is 5.82 Å². The number of hydrogen-bond donors (Lipinski definition) is 0. The van der Waals surface area contributed by atoms with Crippen molar-refractivity contribution in [2.45, 2.75) is 6.92 Å². The van der Waals surface area contributed by atoms with Crippen molar-refractivity contribution in [3.63, 3.8) is 0 Å². The fourth-order valence-corrected chi connectivity index (χ4v) is 1.37. The van der Waals surface area contributed by atoms with Crippen LogP contribution < -0.4 is 4.90 Å². The van der Waals surface area contributed by atoms with Crippen molar-refractivity contribution in [1.82, 2.24) is 4.98 Å². The lowest BCUT2D eigenvalue weighted by atomic mass is 10.4. The minimum absolute atomic E-state index is 0.968. The van der Waals surface area contributed by atoms with E-state index in [-0.39, 0.29) is 0 Å². The lowest BCUT2D eigenvalue weighted by Gasteiger charge is -2.16. The van der Waals surface area contributed by atoms with Gasteiger partial charge in [-0.05, 0) is 35.0 Å². The van der Waals surface area contributed by atoms with Crippen LogP contribution in [0.5, 0.6) is 0 Å². The minimum Gasteiger partial charge on any atom is -0.359 e. The van der Waals surface area contributed by atoms with E-state index in [0.717, 1.165) is 16.8 Å². The predicted molar refractivity (Wildman–Crippen MR) is 50.9 cm³/mol. The van der Waals surface area contributed by atoms with Gasteiger partial charge in [-0.25, -0.2) is 4.98 Å². The summed E-state index contributed by atoms with van der Waals surface area (Å²) >= 11 is 3.43. The van der Waals surface area contributed by atoms with Crippen molar-refractivity contribution in [2.24, 2.45) is 0 Å². The third kappa shape index (κ3) is 1.93. The maximum Gasteiger partial charge on any atom is 0.142 e. The SMILES string of the molecule is CCN(C)c1ncccc1Br. The van der Waals surface area contributed by atoms with Gasteiger partial charge in [-0.2, -0.15) is 0 Å². The molecule has 1 aromatic rings. The van der Waals surface area contributed by atoms with Crippen LogP contribution in [-0.4, -0.2) is 18.6 Å². The van der Waals surface area contributed by atoms with Crippen LogP contribution in [0.1, 0.15) is 6.92 Å². The quantitative estimate of drug-likeness (QED) is 0.752. The molecule has 0 radical (unpaired) electrons. The molecule has 0 bridgehead atoms. The third-order valence-corrected chi connectivity index (χ3v) is 2.19. The molecule has 2 nitrogen and oxygen atoms in total. The van der Waals surface area contributed by atoms with Crippen molar-refractivity contribution in [1.29, 1.82) is 0 Å². The Morgan fingerprint density at radius 1 is 1.64 bits per heavy atom. The number of nitrogens with zero attached hydrogens (tertiary/aromatic N) is 2. The largest absolute Gasteiger partial charge is 0.359 e. The molecule has 0 aromatic carbocycles. The van der Waals surface area contributed by atoms with E-state index in [9.17, 15) is 0 Å². The second kappa shape index (κ2) is 3.72. The monoisotopic (exact) mass is 214 g/mol. The molecule has 0 aliphatic carbocycles. The molecule has 1 rings (SSSR count). The van der Waals surface area contributed by atoms with Gasteiger partial charge in [0.25, 0.3) is 0 Å². The lowest BCUT2D eigenvalue weighted by molar-refractivity contribution is 0.934. The number of hydrogen-bond acceptors (Lipinski definition) is 2. The number of pyridine rings is 1. The zero-order valence-corrected chi connectivity index (χ0v) is 8.30. The standard InChI is InChI=1S/C8H11BrN2/c1-3-11(2)8-7(9)5-4-6-10-8/h4-6H,3H2,1-2H3. The molecule has 3 heteroatoms. The van der Waals surface area contributed by atoms with Crippen LogP contribution in [0, 0.1) is 0 Å². The highest BCUT2D eigenvalue weighted by Crippen LogP contribution is 2.20. The van der Waals surface area contributed by atoms with E-state index in [2.05, 4.69) is 32.7 Å². The van der Waals surface area contributed by atoms with Gasteiger partial charge in [-0.3, -0.25) is 0 Å². The third-order valence-electron chi connectivity index (χ3n) is 1.57. The summed E-state index contributed by atoms with van der Waals surface area (Å²) in [5.74, 6) is 0.995. The predicted octanol–water partition coefficient (Wildman–Crippen LogP) is 2.30. The topological polar surface area (TPSA) is 16.1 Å². The van der Waals surface area contributed by atoms with Crippen LogP contribution in [0.2, 0.25) is 0 Å². The molecule has 0 aliphatic rings. The van der Waals surface area contributed by atoms with Crippen molar-refractivity contribution in [3.05, 3.63) is 22.8 Å². The average Bonchev–Trinajstić information content (AvgIpc) is 2.04. The number of anilines is 1. The minimum atomic E-state index is 0.968. The maximum atomic E-state index is 4.23. The smallest absolute Gasteiger partial charge is 0.142 e. The zero-order chi connectivity index (χ0) is 8.27. The molecule has 0 N–H and O–H groups in total. The van der Waals surface area contributed by atoms with Gasteiger partial charge in [0, 0.05) is 19.8 Å². The lowest BCUT2D eigenvalue weighted by Crippen LogP contribution is -2.17. The molecule has 0 aliphatic heterocycles. The van der Waals surface area contributed by atoms with Crippen LogP contribution in [-0.2, 0) is 0 Å². The highest BCUT2D eigenvalue weighted by molar-refractivity contribution is 9.10.